The molecule has 0 unspecified atom stereocenters. The Balaban J connectivity index is 1.90. The number of nitro benzene ring substituents is 1. The van der Waals surface area contributed by atoms with Gasteiger partial charge >= 0.3 is 5.69 Å². The minimum atomic E-state index is -0.501. The van der Waals surface area contributed by atoms with E-state index in [9.17, 15) is 14.9 Å². The number of nitro groups is 1. The number of benzene rings is 1. The average Bonchev–Trinajstić information content (AvgIpc) is 2.95. The van der Waals surface area contributed by atoms with Gasteiger partial charge in [-0.15, -0.1) is 11.3 Å². The normalized spacial score (nSPS) is 12.3. The Morgan fingerprint density at radius 2 is 2.11 bits per heavy atom. The number of ether oxygens (including phenoxy) is 1. The highest BCUT2D eigenvalue weighted by Gasteiger charge is 2.18. The number of hydrogen-bond donors (Lipinski definition) is 1. The van der Waals surface area contributed by atoms with Crippen LogP contribution < -0.4 is 10.3 Å². The van der Waals surface area contributed by atoms with Crippen LogP contribution in [0, 0.1) is 23.0 Å². The lowest BCUT2D eigenvalue weighted by molar-refractivity contribution is -0.385. The second kappa shape index (κ2) is 7.87. The fourth-order valence-electron chi connectivity index (χ4n) is 2.90. The number of thiophene rings is 1. The maximum Gasteiger partial charge on any atom is 0.310 e. The highest BCUT2D eigenvalue weighted by Crippen LogP contribution is 2.30. The Kier molecular flexibility index (Phi) is 5.55. The topological polar surface area (TPSA) is 98.1 Å². The molecule has 0 saturated carbocycles. The van der Waals surface area contributed by atoms with Crippen molar-refractivity contribution in [1.29, 1.82) is 0 Å². The van der Waals surface area contributed by atoms with Crippen molar-refractivity contribution in [3.05, 3.63) is 61.0 Å². The van der Waals surface area contributed by atoms with Gasteiger partial charge in [-0.3, -0.25) is 14.9 Å². The molecule has 2 aromatic heterocycles. The first-order valence-corrected chi connectivity index (χ1v) is 9.59. The molecule has 142 valence electrons. The number of hydrogen-bond acceptors (Lipinski definition) is 6. The zero-order valence-electron chi connectivity index (χ0n) is 15.4. The molecule has 0 aliphatic rings. The van der Waals surface area contributed by atoms with E-state index in [0.717, 1.165) is 23.3 Å². The van der Waals surface area contributed by atoms with Crippen LogP contribution in [0.25, 0.3) is 10.2 Å². The molecule has 1 atom stereocenters. The Hall–Kier alpha value is -2.74. The lowest BCUT2D eigenvalue weighted by atomic mass is 9.98. The monoisotopic (exact) mass is 387 g/mol. The maximum atomic E-state index is 12.6. The summed E-state index contributed by atoms with van der Waals surface area (Å²) in [4.78, 5) is 32.2. The Morgan fingerprint density at radius 1 is 1.37 bits per heavy atom. The van der Waals surface area contributed by atoms with Crippen molar-refractivity contribution in [3.63, 3.8) is 0 Å². The Labute approximate surface area is 160 Å². The van der Waals surface area contributed by atoms with Gasteiger partial charge in [0.2, 0.25) is 0 Å². The Morgan fingerprint density at radius 3 is 2.81 bits per heavy atom. The maximum absolute atomic E-state index is 12.6. The fraction of sp³-hybridized carbons (Fsp3) is 0.368. The average molecular weight is 387 g/mol. The molecule has 3 aromatic rings. The van der Waals surface area contributed by atoms with Crippen LogP contribution in [0.2, 0.25) is 0 Å². The second-order valence-corrected chi connectivity index (χ2v) is 7.76. The van der Waals surface area contributed by atoms with Gasteiger partial charge in [0, 0.05) is 10.9 Å². The summed E-state index contributed by atoms with van der Waals surface area (Å²) in [5.41, 5.74) is 0.747. The fourth-order valence-corrected chi connectivity index (χ4v) is 3.98. The van der Waals surface area contributed by atoms with E-state index in [1.54, 1.807) is 12.1 Å². The number of H-pyrrole nitrogens is 1. The van der Waals surface area contributed by atoms with Crippen molar-refractivity contribution < 1.29 is 9.66 Å². The number of para-hydroxylation sites is 2. The number of rotatable bonds is 7. The summed E-state index contributed by atoms with van der Waals surface area (Å²) >= 11 is 1.49. The number of aryl methyl sites for hydroxylation is 1. The lowest BCUT2D eigenvalue weighted by Crippen LogP contribution is -2.14. The summed E-state index contributed by atoms with van der Waals surface area (Å²) in [6, 6.07) is 6.13. The van der Waals surface area contributed by atoms with Crippen LogP contribution >= 0.6 is 11.3 Å². The van der Waals surface area contributed by atoms with Gasteiger partial charge in [0.1, 0.15) is 17.3 Å². The SMILES string of the molecule is CC[C@H](C)Cc1c(C)sc2nc(COc3ccccc3[N+](=O)[O-])[nH]c(=O)c12. The van der Waals surface area contributed by atoms with E-state index in [2.05, 4.69) is 23.8 Å². The first-order chi connectivity index (χ1) is 12.9. The van der Waals surface area contributed by atoms with Crippen LogP contribution in [-0.4, -0.2) is 14.9 Å². The summed E-state index contributed by atoms with van der Waals surface area (Å²) in [6.07, 6.45) is 1.89. The summed E-state index contributed by atoms with van der Waals surface area (Å²) in [5.74, 6) is 0.981. The second-order valence-electron chi connectivity index (χ2n) is 6.56. The van der Waals surface area contributed by atoms with Gasteiger partial charge in [0.15, 0.2) is 5.75 Å². The molecule has 27 heavy (non-hydrogen) atoms. The van der Waals surface area contributed by atoms with E-state index in [-0.39, 0.29) is 23.6 Å². The molecule has 0 saturated heterocycles. The molecule has 0 bridgehead atoms. The number of aromatic nitrogens is 2. The van der Waals surface area contributed by atoms with E-state index in [4.69, 9.17) is 4.74 Å². The van der Waals surface area contributed by atoms with Gasteiger partial charge in [0.05, 0.1) is 10.3 Å². The third-order valence-electron chi connectivity index (χ3n) is 4.59. The molecule has 0 aliphatic heterocycles. The van der Waals surface area contributed by atoms with Gasteiger partial charge in [-0.1, -0.05) is 32.4 Å². The predicted molar refractivity (Wildman–Crippen MR) is 106 cm³/mol. The molecule has 7 nitrogen and oxygen atoms in total. The zero-order chi connectivity index (χ0) is 19.6. The molecule has 1 aromatic carbocycles. The molecule has 0 amide bonds. The van der Waals surface area contributed by atoms with Crippen molar-refractivity contribution in [2.75, 3.05) is 0 Å². The summed E-state index contributed by atoms with van der Waals surface area (Å²) < 4.78 is 5.54. The van der Waals surface area contributed by atoms with Crippen molar-refractivity contribution in [2.45, 2.75) is 40.2 Å². The van der Waals surface area contributed by atoms with Gasteiger partial charge in [0.25, 0.3) is 5.56 Å². The summed E-state index contributed by atoms with van der Waals surface area (Å²) in [5, 5.41) is 11.7. The predicted octanol–water partition coefficient (Wildman–Crippen LogP) is 4.37. The van der Waals surface area contributed by atoms with Gasteiger partial charge in [-0.2, -0.15) is 0 Å². The van der Waals surface area contributed by atoms with Gasteiger partial charge in [-0.05, 0) is 30.9 Å². The molecule has 0 radical (unpaired) electrons. The first kappa shape index (κ1) is 19.0. The molecule has 2 heterocycles. The highest BCUT2D eigenvalue weighted by atomic mass is 32.1. The van der Waals surface area contributed by atoms with E-state index >= 15 is 0 Å². The molecular formula is C19H21N3O4S. The largest absolute Gasteiger partial charge is 0.479 e. The zero-order valence-corrected chi connectivity index (χ0v) is 16.3. The molecule has 1 N–H and O–H groups in total. The van der Waals surface area contributed by atoms with Crippen LogP contribution in [0.3, 0.4) is 0 Å². The van der Waals surface area contributed by atoms with E-state index in [1.165, 1.54) is 23.5 Å². The minimum absolute atomic E-state index is 0.0479. The van der Waals surface area contributed by atoms with E-state index in [0.29, 0.717) is 22.0 Å². The summed E-state index contributed by atoms with van der Waals surface area (Å²) in [6.45, 7) is 6.26. The van der Waals surface area contributed by atoms with Crippen LogP contribution in [0.4, 0.5) is 5.69 Å². The molecule has 0 aliphatic carbocycles. The van der Waals surface area contributed by atoms with E-state index in [1.807, 2.05) is 6.92 Å². The van der Waals surface area contributed by atoms with Crippen LogP contribution in [-0.2, 0) is 13.0 Å². The van der Waals surface area contributed by atoms with Crippen LogP contribution in [0.5, 0.6) is 5.75 Å². The third-order valence-corrected chi connectivity index (χ3v) is 5.63. The van der Waals surface area contributed by atoms with Gasteiger partial charge < -0.3 is 9.72 Å². The number of nitrogens with one attached hydrogen (secondary N) is 1. The first-order valence-electron chi connectivity index (χ1n) is 8.78. The molecule has 0 spiro atoms. The molecular weight excluding hydrogens is 366 g/mol. The smallest absolute Gasteiger partial charge is 0.310 e. The molecule has 0 fully saturated rings. The number of aromatic amines is 1. The van der Waals surface area contributed by atoms with Crippen molar-refractivity contribution in [2.24, 2.45) is 5.92 Å². The van der Waals surface area contributed by atoms with Crippen LogP contribution in [0.1, 0.15) is 36.5 Å². The van der Waals surface area contributed by atoms with Crippen molar-refractivity contribution in [1.82, 2.24) is 9.97 Å². The standard InChI is InChI=1S/C19H21N3O4S/c1-4-11(2)9-13-12(3)27-19-17(13)18(23)20-16(21-19)10-26-15-8-6-5-7-14(15)22(24)25/h5-8,11H,4,9-10H2,1-3H3,(H,20,21,23)/t11-/m0/s1. The van der Waals surface area contributed by atoms with Crippen LogP contribution in [0.15, 0.2) is 29.1 Å². The summed E-state index contributed by atoms with van der Waals surface area (Å²) in [7, 11) is 0. The highest BCUT2D eigenvalue weighted by molar-refractivity contribution is 7.18. The minimum Gasteiger partial charge on any atom is -0.479 e. The van der Waals surface area contributed by atoms with Gasteiger partial charge in [-0.25, -0.2) is 4.98 Å². The quantitative estimate of drug-likeness (QED) is 0.479. The van der Waals surface area contributed by atoms with Crippen molar-refractivity contribution >= 4 is 27.2 Å². The lowest BCUT2D eigenvalue weighted by Gasteiger charge is -2.08. The number of fused-ring (bicyclic) bond motifs is 1. The van der Waals surface area contributed by atoms with E-state index < -0.39 is 4.92 Å². The molecule has 8 heteroatoms. The Bertz CT molecular complexity index is 1040. The van der Waals surface area contributed by atoms with Crippen molar-refractivity contribution in [3.8, 4) is 5.75 Å². The molecule has 3 rings (SSSR count). The third kappa shape index (κ3) is 4.00. The number of nitrogens with zero attached hydrogens (tertiary/aromatic N) is 2.